The van der Waals surface area contributed by atoms with E-state index >= 15 is 0 Å². The molecule has 1 saturated carbocycles. The van der Waals surface area contributed by atoms with Gasteiger partial charge in [0.2, 0.25) is 5.92 Å². The first-order valence-electron chi connectivity index (χ1n) is 7.26. The predicted octanol–water partition coefficient (Wildman–Crippen LogP) is 3.62. The number of amides is 1. The molecule has 0 spiro atoms. The molecule has 122 valence electrons. The normalized spacial score (nSPS) is 18.0. The van der Waals surface area contributed by atoms with Gasteiger partial charge in [0.05, 0.1) is 11.4 Å². The average molecular weight is 313 g/mol. The Morgan fingerprint density at radius 3 is 2.64 bits per heavy atom. The lowest BCUT2D eigenvalue weighted by Gasteiger charge is -2.28. The summed E-state index contributed by atoms with van der Waals surface area (Å²) >= 11 is 0. The first-order chi connectivity index (χ1) is 10.3. The van der Waals surface area contributed by atoms with Crippen LogP contribution in [0.4, 0.5) is 30.6 Å². The minimum atomic E-state index is -2.52. The Morgan fingerprint density at radius 1 is 1.45 bits per heavy atom. The van der Waals surface area contributed by atoms with Crippen molar-refractivity contribution in [2.45, 2.75) is 31.6 Å². The molecule has 4 N–H and O–H groups in total. The first kappa shape index (κ1) is 16.3. The van der Waals surface area contributed by atoms with Gasteiger partial charge in [-0.3, -0.25) is 4.90 Å². The van der Waals surface area contributed by atoms with Gasteiger partial charge < -0.3 is 16.2 Å². The molecule has 5 nitrogen and oxygen atoms in total. The number of hydrogen-bond acceptors (Lipinski definition) is 3. The van der Waals surface area contributed by atoms with Crippen molar-refractivity contribution in [2.75, 3.05) is 29.5 Å². The van der Waals surface area contributed by atoms with E-state index in [0.717, 1.165) is 4.90 Å². The summed E-state index contributed by atoms with van der Waals surface area (Å²) in [5.74, 6) is -2.31. The lowest BCUT2D eigenvalue weighted by Crippen LogP contribution is -2.28. The van der Waals surface area contributed by atoms with Crippen LogP contribution in [0.2, 0.25) is 0 Å². The smallest absolute Gasteiger partial charge is 0.411 e. The number of carboxylic acid groups (broad SMARTS) is 1. The number of rotatable bonds is 4. The Balaban J connectivity index is 1.92. The van der Waals surface area contributed by atoms with E-state index in [1.807, 2.05) is 0 Å². The van der Waals surface area contributed by atoms with E-state index in [9.17, 15) is 13.6 Å². The molecule has 1 aromatic rings. The second-order valence-corrected chi connectivity index (χ2v) is 5.79. The van der Waals surface area contributed by atoms with E-state index in [1.54, 1.807) is 18.2 Å². The minimum absolute atomic E-state index is 0.0584. The molecule has 1 fully saturated rings. The van der Waals surface area contributed by atoms with Gasteiger partial charge >= 0.3 is 6.09 Å². The summed E-state index contributed by atoms with van der Waals surface area (Å²) in [5, 5.41) is 12.1. The number of nitrogens with one attached hydrogen (secondary N) is 1. The summed E-state index contributed by atoms with van der Waals surface area (Å²) in [6.45, 7) is 0.592. The van der Waals surface area contributed by atoms with E-state index in [2.05, 4.69) is 5.32 Å². The largest absolute Gasteiger partial charge is 0.465 e. The van der Waals surface area contributed by atoms with Crippen molar-refractivity contribution in [2.24, 2.45) is 5.92 Å². The van der Waals surface area contributed by atoms with Gasteiger partial charge in [0.1, 0.15) is 0 Å². The molecule has 2 rings (SSSR count). The number of nitrogen functional groups attached to an aromatic ring is 1. The van der Waals surface area contributed by atoms with Crippen molar-refractivity contribution in [1.29, 1.82) is 0 Å². The van der Waals surface area contributed by atoms with Crippen LogP contribution in [0.3, 0.4) is 0 Å². The van der Waals surface area contributed by atoms with E-state index < -0.39 is 12.0 Å². The van der Waals surface area contributed by atoms with Crippen LogP contribution < -0.4 is 16.0 Å². The summed E-state index contributed by atoms with van der Waals surface area (Å²) in [6, 6.07) is 4.94. The molecule has 1 amide bonds. The SMILES string of the molecule is CN(C(=O)O)c1ccc(NCC2CCC(F)(F)CC2)c(N)c1. The molecular formula is C15H21F2N3O2. The molecule has 0 unspecified atom stereocenters. The van der Waals surface area contributed by atoms with Crippen molar-refractivity contribution < 1.29 is 18.7 Å². The second-order valence-electron chi connectivity index (χ2n) is 5.79. The number of hydrogen-bond donors (Lipinski definition) is 3. The van der Waals surface area contributed by atoms with Gasteiger partial charge in [-0.25, -0.2) is 13.6 Å². The Bertz CT molecular complexity index is 542. The van der Waals surface area contributed by atoms with Crippen molar-refractivity contribution in [3.05, 3.63) is 18.2 Å². The van der Waals surface area contributed by atoms with Crippen LogP contribution in [0.1, 0.15) is 25.7 Å². The summed E-state index contributed by atoms with van der Waals surface area (Å²) in [5.41, 5.74) is 7.53. The van der Waals surface area contributed by atoms with E-state index in [4.69, 9.17) is 10.8 Å². The van der Waals surface area contributed by atoms with Gasteiger partial charge in [0.25, 0.3) is 0 Å². The minimum Gasteiger partial charge on any atom is -0.465 e. The fourth-order valence-electron chi connectivity index (χ4n) is 2.59. The first-order valence-corrected chi connectivity index (χ1v) is 7.26. The zero-order valence-corrected chi connectivity index (χ0v) is 12.5. The van der Waals surface area contributed by atoms with E-state index in [1.165, 1.54) is 7.05 Å². The third-order valence-corrected chi connectivity index (χ3v) is 4.13. The topological polar surface area (TPSA) is 78.6 Å². The van der Waals surface area contributed by atoms with Crippen LogP contribution in [0.15, 0.2) is 18.2 Å². The third-order valence-electron chi connectivity index (χ3n) is 4.13. The van der Waals surface area contributed by atoms with Crippen LogP contribution in [0, 0.1) is 5.92 Å². The lowest BCUT2D eigenvalue weighted by atomic mass is 9.87. The standard InChI is InChI=1S/C15H21F2N3O2/c1-20(14(21)22)11-2-3-13(12(18)8-11)19-9-10-4-6-15(16,17)7-5-10/h2-3,8,10,19H,4-7,9,18H2,1H3,(H,21,22). The Labute approximate surface area is 128 Å². The number of halogens is 2. The maximum atomic E-state index is 13.1. The van der Waals surface area contributed by atoms with Crippen LogP contribution >= 0.6 is 0 Å². The summed E-state index contributed by atoms with van der Waals surface area (Å²) in [6.07, 6.45) is -0.184. The monoisotopic (exact) mass is 313 g/mol. The van der Waals surface area contributed by atoms with Crippen LogP contribution in [-0.2, 0) is 0 Å². The highest BCUT2D eigenvalue weighted by Gasteiger charge is 2.34. The third kappa shape index (κ3) is 3.99. The molecule has 1 aromatic carbocycles. The highest BCUT2D eigenvalue weighted by Crippen LogP contribution is 2.36. The molecule has 0 saturated heterocycles. The summed E-state index contributed by atoms with van der Waals surface area (Å²) in [4.78, 5) is 12.0. The van der Waals surface area contributed by atoms with Crippen molar-refractivity contribution in [1.82, 2.24) is 0 Å². The summed E-state index contributed by atoms with van der Waals surface area (Å²) < 4.78 is 26.2. The van der Waals surface area contributed by atoms with Gasteiger partial charge in [0.15, 0.2) is 0 Å². The molecule has 0 atom stereocenters. The van der Waals surface area contributed by atoms with Gasteiger partial charge in [-0.15, -0.1) is 0 Å². The molecular weight excluding hydrogens is 292 g/mol. The van der Waals surface area contributed by atoms with Gasteiger partial charge in [-0.1, -0.05) is 0 Å². The van der Waals surface area contributed by atoms with E-state index in [-0.39, 0.29) is 18.8 Å². The number of carbonyl (C=O) groups is 1. The number of nitrogens with two attached hydrogens (primary N) is 1. The van der Waals surface area contributed by atoms with Crippen molar-refractivity contribution in [3.63, 3.8) is 0 Å². The van der Waals surface area contributed by atoms with Gasteiger partial charge in [-0.2, -0.15) is 0 Å². The van der Waals surface area contributed by atoms with Gasteiger partial charge in [-0.05, 0) is 37.0 Å². The van der Waals surface area contributed by atoms with Crippen molar-refractivity contribution in [3.8, 4) is 0 Å². The van der Waals surface area contributed by atoms with Crippen molar-refractivity contribution >= 4 is 23.2 Å². The Kier molecular flexibility index (Phi) is 4.73. The molecule has 7 heteroatoms. The molecule has 1 aliphatic rings. The van der Waals surface area contributed by atoms with Gasteiger partial charge in [0, 0.05) is 32.1 Å². The number of alkyl halides is 2. The quantitative estimate of drug-likeness (QED) is 0.742. The lowest BCUT2D eigenvalue weighted by molar-refractivity contribution is -0.0443. The average Bonchev–Trinajstić information content (AvgIpc) is 2.46. The second kappa shape index (κ2) is 6.37. The maximum Gasteiger partial charge on any atom is 0.411 e. The molecule has 1 aliphatic carbocycles. The summed E-state index contributed by atoms with van der Waals surface area (Å²) in [7, 11) is 1.44. The van der Waals surface area contributed by atoms with Crippen LogP contribution in [-0.4, -0.2) is 30.7 Å². The predicted molar refractivity (Wildman–Crippen MR) is 82.7 cm³/mol. The zero-order valence-electron chi connectivity index (χ0n) is 12.5. The molecule has 0 radical (unpaired) electrons. The fraction of sp³-hybridized carbons (Fsp3) is 0.533. The number of benzene rings is 1. The molecule has 0 aliphatic heterocycles. The number of anilines is 3. The molecule has 0 bridgehead atoms. The fourth-order valence-corrected chi connectivity index (χ4v) is 2.59. The molecule has 0 heterocycles. The maximum absolute atomic E-state index is 13.1. The van der Waals surface area contributed by atoms with Crippen LogP contribution in [0.5, 0.6) is 0 Å². The highest BCUT2D eigenvalue weighted by molar-refractivity contribution is 5.87. The molecule has 0 aromatic heterocycles. The zero-order chi connectivity index (χ0) is 16.3. The highest BCUT2D eigenvalue weighted by atomic mass is 19.3. The van der Waals surface area contributed by atoms with Crippen LogP contribution in [0.25, 0.3) is 0 Å². The Hall–Kier alpha value is -2.05. The number of nitrogens with zero attached hydrogens (tertiary/aromatic N) is 1. The Morgan fingerprint density at radius 2 is 2.09 bits per heavy atom. The molecule has 22 heavy (non-hydrogen) atoms. The van der Waals surface area contributed by atoms with E-state index in [0.29, 0.717) is 36.4 Å².